The Balaban J connectivity index is 2.16. The summed E-state index contributed by atoms with van der Waals surface area (Å²) in [6, 6.07) is 9.20. The molecule has 0 unspecified atom stereocenters. The third-order valence-corrected chi connectivity index (χ3v) is 2.52. The Morgan fingerprint density at radius 1 is 1.11 bits per heavy atom. The second kappa shape index (κ2) is 5.48. The van der Waals surface area contributed by atoms with Crippen LogP contribution in [-0.4, -0.2) is 13.0 Å². The van der Waals surface area contributed by atoms with E-state index in [1.54, 1.807) is 0 Å². The Kier molecular flexibility index (Phi) is 3.75. The zero-order chi connectivity index (χ0) is 13.8. The molecule has 0 saturated carbocycles. The van der Waals surface area contributed by atoms with Gasteiger partial charge in [0.15, 0.2) is 11.6 Å². The lowest BCUT2D eigenvalue weighted by Crippen LogP contribution is -2.12. The van der Waals surface area contributed by atoms with Gasteiger partial charge in [-0.1, -0.05) is 0 Å². The van der Waals surface area contributed by atoms with Crippen LogP contribution in [0.25, 0.3) is 0 Å². The fraction of sp³-hybridized carbons (Fsp3) is 0.0714. The zero-order valence-electron chi connectivity index (χ0n) is 10.1. The molecule has 2 aromatic rings. The summed E-state index contributed by atoms with van der Waals surface area (Å²) in [5.41, 5.74) is 0.588. The molecule has 0 bridgehead atoms. The lowest BCUT2D eigenvalue weighted by molar-refractivity contribution is 0.102. The summed E-state index contributed by atoms with van der Waals surface area (Å²) in [5.74, 6) is -1.42. The number of methoxy groups -OCH3 is 1. The van der Waals surface area contributed by atoms with E-state index in [2.05, 4.69) is 5.32 Å². The topological polar surface area (TPSA) is 38.3 Å². The highest BCUT2D eigenvalue weighted by Crippen LogP contribution is 2.18. The van der Waals surface area contributed by atoms with Crippen LogP contribution in [0.3, 0.4) is 0 Å². The average molecular weight is 263 g/mol. The van der Waals surface area contributed by atoms with E-state index in [-0.39, 0.29) is 11.3 Å². The maximum Gasteiger partial charge on any atom is 0.255 e. The number of hydrogen-bond acceptors (Lipinski definition) is 2. The number of ether oxygens (including phenoxy) is 1. The van der Waals surface area contributed by atoms with Crippen LogP contribution in [0.4, 0.5) is 14.5 Å². The van der Waals surface area contributed by atoms with Crippen molar-refractivity contribution >= 4 is 11.6 Å². The highest BCUT2D eigenvalue weighted by atomic mass is 19.1. The summed E-state index contributed by atoms with van der Waals surface area (Å²) in [4.78, 5) is 11.8. The van der Waals surface area contributed by atoms with Crippen LogP contribution in [0.5, 0.6) is 5.75 Å². The van der Waals surface area contributed by atoms with Crippen LogP contribution in [0.1, 0.15) is 10.4 Å². The molecule has 19 heavy (non-hydrogen) atoms. The molecular weight excluding hydrogens is 252 g/mol. The molecule has 0 atom stereocenters. The molecular formula is C14H11F2NO2. The van der Waals surface area contributed by atoms with Crippen molar-refractivity contribution in [2.45, 2.75) is 0 Å². The first-order chi connectivity index (χ1) is 9.10. The molecule has 0 fully saturated rings. The van der Waals surface area contributed by atoms with Gasteiger partial charge in [0.1, 0.15) is 5.82 Å². The number of rotatable bonds is 3. The molecule has 2 aromatic carbocycles. The third kappa shape index (κ3) is 3.07. The molecule has 0 radical (unpaired) electrons. The van der Waals surface area contributed by atoms with Gasteiger partial charge in [-0.2, -0.15) is 0 Å². The van der Waals surface area contributed by atoms with Gasteiger partial charge in [-0.05, 0) is 42.5 Å². The Morgan fingerprint density at radius 2 is 1.79 bits per heavy atom. The molecule has 1 N–H and O–H groups in total. The van der Waals surface area contributed by atoms with E-state index < -0.39 is 17.5 Å². The second-order valence-electron chi connectivity index (χ2n) is 3.81. The summed E-state index contributed by atoms with van der Waals surface area (Å²) < 4.78 is 30.9. The summed E-state index contributed by atoms with van der Waals surface area (Å²) in [7, 11) is 1.34. The third-order valence-electron chi connectivity index (χ3n) is 2.52. The smallest absolute Gasteiger partial charge is 0.255 e. The monoisotopic (exact) mass is 263 g/mol. The fourth-order valence-electron chi connectivity index (χ4n) is 1.54. The molecule has 98 valence electrons. The van der Waals surface area contributed by atoms with E-state index in [0.717, 1.165) is 6.07 Å². The normalized spacial score (nSPS) is 10.1. The number of carbonyl (C=O) groups is 1. The minimum Gasteiger partial charge on any atom is -0.494 e. The zero-order valence-corrected chi connectivity index (χ0v) is 10.1. The van der Waals surface area contributed by atoms with Crippen molar-refractivity contribution in [3.63, 3.8) is 0 Å². The van der Waals surface area contributed by atoms with Gasteiger partial charge >= 0.3 is 0 Å². The van der Waals surface area contributed by atoms with Crippen LogP contribution in [-0.2, 0) is 0 Å². The Hall–Kier alpha value is -2.43. The predicted molar refractivity (Wildman–Crippen MR) is 67.3 cm³/mol. The SMILES string of the molecule is COc1ccc(C(=O)Nc2ccc(F)cc2)cc1F. The van der Waals surface area contributed by atoms with Crippen LogP contribution >= 0.6 is 0 Å². The van der Waals surface area contributed by atoms with Crippen LogP contribution in [0.15, 0.2) is 42.5 Å². The summed E-state index contributed by atoms with van der Waals surface area (Å²) in [6.45, 7) is 0. The van der Waals surface area contributed by atoms with Gasteiger partial charge in [-0.15, -0.1) is 0 Å². The van der Waals surface area contributed by atoms with Crippen molar-refractivity contribution in [1.29, 1.82) is 0 Å². The number of amides is 1. The lowest BCUT2D eigenvalue weighted by atomic mass is 10.2. The lowest BCUT2D eigenvalue weighted by Gasteiger charge is -2.07. The van der Waals surface area contributed by atoms with Gasteiger partial charge in [0, 0.05) is 11.3 Å². The molecule has 3 nitrogen and oxygen atoms in total. The first kappa shape index (κ1) is 13.0. The molecule has 1 amide bonds. The summed E-state index contributed by atoms with van der Waals surface area (Å²) in [6.07, 6.45) is 0. The quantitative estimate of drug-likeness (QED) is 0.923. The van der Waals surface area contributed by atoms with E-state index in [9.17, 15) is 13.6 Å². The Labute approximate surface area is 108 Å². The van der Waals surface area contributed by atoms with Gasteiger partial charge in [0.2, 0.25) is 0 Å². The molecule has 0 aliphatic rings. The maximum absolute atomic E-state index is 13.4. The number of benzene rings is 2. The van der Waals surface area contributed by atoms with E-state index in [4.69, 9.17) is 4.74 Å². The van der Waals surface area contributed by atoms with E-state index >= 15 is 0 Å². The van der Waals surface area contributed by atoms with Crippen molar-refractivity contribution in [3.05, 3.63) is 59.7 Å². The Bertz CT molecular complexity index is 597. The number of halogens is 2. The van der Waals surface area contributed by atoms with Gasteiger partial charge in [-0.25, -0.2) is 8.78 Å². The van der Waals surface area contributed by atoms with Crippen molar-refractivity contribution in [3.8, 4) is 5.75 Å². The molecule has 0 saturated heterocycles. The molecule has 0 aliphatic heterocycles. The molecule has 0 aliphatic carbocycles. The molecule has 0 spiro atoms. The van der Waals surface area contributed by atoms with Crippen LogP contribution in [0.2, 0.25) is 0 Å². The number of anilines is 1. The highest BCUT2D eigenvalue weighted by molar-refractivity contribution is 6.04. The average Bonchev–Trinajstić information content (AvgIpc) is 2.41. The van der Waals surface area contributed by atoms with Gasteiger partial charge in [0.25, 0.3) is 5.91 Å². The summed E-state index contributed by atoms with van der Waals surface area (Å²) in [5, 5.41) is 2.54. The first-order valence-corrected chi connectivity index (χ1v) is 5.50. The largest absolute Gasteiger partial charge is 0.494 e. The van der Waals surface area contributed by atoms with Crippen molar-refractivity contribution in [1.82, 2.24) is 0 Å². The van der Waals surface area contributed by atoms with Crippen molar-refractivity contribution in [2.75, 3.05) is 12.4 Å². The van der Waals surface area contributed by atoms with Crippen LogP contribution < -0.4 is 10.1 Å². The van der Waals surface area contributed by atoms with E-state index in [1.807, 2.05) is 0 Å². The molecule has 0 aromatic heterocycles. The number of carbonyl (C=O) groups excluding carboxylic acids is 1. The number of nitrogens with one attached hydrogen (secondary N) is 1. The maximum atomic E-state index is 13.4. The standard InChI is InChI=1S/C14H11F2NO2/c1-19-13-7-2-9(8-12(13)16)14(18)17-11-5-3-10(15)4-6-11/h2-8H,1H3,(H,17,18). The minimum absolute atomic E-state index is 0.0679. The van der Waals surface area contributed by atoms with Crippen molar-refractivity contribution < 1.29 is 18.3 Å². The van der Waals surface area contributed by atoms with Crippen LogP contribution in [0, 0.1) is 11.6 Å². The molecule has 0 heterocycles. The van der Waals surface area contributed by atoms with E-state index in [1.165, 1.54) is 43.5 Å². The predicted octanol–water partition coefficient (Wildman–Crippen LogP) is 3.23. The molecule has 2 rings (SSSR count). The highest BCUT2D eigenvalue weighted by Gasteiger charge is 2.10. The van der Waals surface area contributed by atoms with Crippen molar-refractivity contribution in [2.24, 2.45) is 0 Å². The summed E-state index contributed by atoms with van der Waals surface area (Å²) >= 11 is 0. The van der Waals surface area contributed by atoms with Gasteiger partial charge in [0.05, 0.1) is 7.11 Å². The second-order valence-corrected chi connectivity index (χ2v) is 3.81. The fourth-order valence-corrected chi connectivity index (χ4v) is 1.54. The molecule has 5 heteroatoms. The number of hydrogen-bond donors (Lipinski definition) is 1. The Morgan fingerprint density at radius 3 is 2.37 bits per heavy atom. The minimum atomic E-state index is -0.616. The van der Waals surface area contributed by atoms with Gasteiger partial charge < -0.3 is 10.1 Å². The van der Waals surface area contributed by atoms with E-state index in [0.29, 0.717) is 5.69 Å². The van der Waals surface area contributed by atoms with Gasteiger partial charge in [-0.3, -0.25) is 4.79 Å². The first-order valence-electron chi connectivity index (χ1n) is 5.50.